The summed E-state index contributed by atoms with van der Waals surface area (Å²) >= 11 is 12.6. The zero-order valence-electron chi connectivity index (χ0n) is 15.7. The second kappa shape index (κ2) is 7.29. The van der Waals surface area contributed by atoms with E-state index in [-0.39, 0.29) is 6.04 Å². The Morgan fingerprint density at radius 2 is 1.83 bits per heavy atom. The van der Waals surface area contributed by atoms with E-state index in [1.807, 2.05) is 53.5 Å². The molecule has 0 saturated heterocycles. The Bertz CT molecular complexity index is 1100. The third kappa shape index (κ3) is 3.22. The van der Waals surface area contributed by atoms with Crippen LogP contribution in [0.5, 0.6) is 11.5 Å². The summed E-state index contributed by atoms with van der Waals surface area (Å²) in [6.07, 6.45) is 0.335. The zero-order valence-corrected chi connectivity index (χ0v) is 17.2. The molecule has 3 aromatic rings. The van der Waals surface area contributed by atoms with Crippen LogP contribution < -0.4 is 9.47 Å². The zero-order chi connectivity index (χ0) is 20.0. The van der Waals surface area contributed by atoms with Crippen molar-refractivity contribution in [3.8, 4) is 11.5 Å². The Balaban J connectivity index is 1.63. The third-order valence-electron chi connectivity index (χ3n) is 5.33. The Labute approximate surface area is 179 Å². The molecule has 0 aromatic heterocycles. The lowest BCUT2D eigenvalue weighted by atomic mass is 9.95. The fraction of sp³-hybridized carbons (Fsp3) is 0.174. The molecule has 2 heterocycles. The topological polar surface area (TPSA) is 34.1 Å². The molecule has 0 spiro atoms. The van der Waals surface area contributed by atoms with Gasteiger partial charge in [-0.05, 0) is 35.9 Å². The second-order valence-corrected chi connectivity index (χ2v) is 7.90. The van der Waals surface area contributed by atoms with Crippen LogP contribution >= 0.6 is 23.2 Å². The van der Waals surface area contributed by atoms with Gasteiger partial charge < -0.3 is 9.47 Å². The molecule has 0 fully saturated rings. The van der Waals surface area contributed by atoms with Crippen LogP contribution in [0.3, 0.4) is 0 Å². The van der Waals surface area contributed by atoms with Crippen molar-refractivity contribution >= 4 is 28.9 Å². The number of fused-ring (bicyclic) bond motifs is 3. The van der Waals surface area contributed by atoms with E-state index in [0.717, 1.165) is 40.3 Å². The van der Waals surface area contributed by atoms with Gasteiger partial charge in [-0.25, -0.2) is 5.01 Å². The number of nitrogens with zero attached hydrogens (tertiary/aromatic N) is 2. The predicted molar refractivity (Wildman–Crippen MR) is 115 cm³/mol. The van der Waals surface area contributed by atoms with Gasteiger partial charge in [-0.1, -0.05) is 59.6 Å². The standard InChI is InChI=1S/C23H18Cl2N2O2/c1-28-16-8-10-22-18(12-16)21-13-20(14-5-3-2-4-6-14)26-27(21)23(29-22)17-9-7-15(24)11-19(17)25/h2-12,21,23H,13H2,1H3/t21-,23-/m0/s1. The summed E-state index contributed by atoms with van der Waals surface area (Å²) < 4.78 is 11.8. The van der Waals surface area contributed by atoms with Crippen molar-refractivity contribution < 1.29 is 9.47 Å². The van der Waals surface area contributed by atoms with Crippen molar-refractivity contribution in [1.29, 1.82) is 0 Å². The van der Waals surface area contributed by atoms with E-state index in [1.54, 1.807) is 13.2 Å². The summed E-state index contributed by atoms with van der Waals surface area (Å²) in [5.74, 6) is 1.61. The molecule has 6 heteroatoms. The molecule has 0 N–H and O–H groups in total. The minimum atomic E-state index is -0.438. The lowest BCUT2D eigenvalue weighted by Gasteiger charge is -2.38. The van der Waals surface area contributed by atoms with Gasteiger partial charge >= 0.3 is 0 Å². The fourth-order valence-electron chi connectivity index (χ4n) is 3.90. The van der Waals surface area contributed by atoms with Gasteiger partial charge in [0, 0.05) is 22.6 Å². The van der Waals surface area contributed by atoms with Crippen LogP contribution in [0, 0.1) is 0 Å². The van der Waals surface area contributed by atoms with Crippen LogP contribution in [-0.2, 0) is 0 Å². The Kier molecular flexibility index (Phi) is 4.61. The van der Waals surface area contributed by atoms with E-state index in [4.69, 9.17) is 37.8 Å². The molecule has 3 aromatic carbocycles. The van der Waals surface area contributed by atoms with E-state index in [2.05, 4.69) is 12.1 Å². The van der Waals surface area contributed by atoms with Crippen LogP contribution in [-0.4, -0.2) is 17.8 Å². The number of halogens is 2. The summed E-state index contributed by atoms with van der Waals surface area (Å²) in [5, 5.41) is 8.09. The first-order chi connectivity index (χ1) is 14.1. The molecule has 5 rings (SSSR count). The summed E-state index contributed by atoms with van der Waals surface area (Å²) in [4.78, 5) is 0. The molecule has 0 amide bonds. The van der Waals surface area contributed by atoms with Crippen LogP contribution in [0.2, 0.25) is 10.0 Å². The van der Waals surface area contributed by atoms with E-state index in [1.165, 1.54) is 0 Å². The van der Waals surface area contributed by atoms with Gasteiger partial charge in [-0.2, -0.15) is 5.10 Å². The van der Waals surface area contributed by atoms with Crippen LogP contribution in [0.25, 0.3) is 0 Å². The third-order valence-corrected chi connectivity index (χ3v) is 5.90. The van der Waals surface area contributed by atoms with Gasteiger partial charge in [-0.3, -0.25) is 0 Å². The SMILES string of the molecule is COc1ccc2c(c1)[C@@H]1CC(c3ccccc3)=NN1[C@H](c1ccc(Cl)cc1Cl)O2. The van der Waals surface area contributed by atoms with Gasteiger partial charge in [0.25, 0.3) is 0 Å². The van der Waals surface area contributed by atoms with Crippen LogP contribution in [0.4, 0.5) is 0 Å². The summed E-state index contributed by atoms with van der Waals surface area (Å²) in [5.41, 5.74) is 4.01. The number of ether oxygens (including phenoxy) is 2. The maximum atomic E-state index is 6.52. The highest BCUT2D eigenvalue weighted by atomic mass is 35.5. The van der Waals surface area contributed by atoms with Gasteiger partial charge in [-0.15, -0.1) is 0 Å². The van der Waals surface area contributed by atoms with Crippen LogP contribution in [0.1, 0.15) is 35.4 Å². The predicted octanol–water partition coefficient (Wildman–Crippen LogP) is 6.24. The Morgan fingerprint density at radius 1 is 1.00 bits per heavy atom. The average molecular weight is 425 g/mol. The van der Waals surface area contributed by atoms with E-state index < -0.39 is 6.23 Å². The van der Waals surface area contributed by atoms with Gasteiger partial charge in [0.1, 0.15) is 11.5 Å². The number of rotatable bonds is 3. The lowest BCUT2D eigenvalue weighted by molar-refractivity contribution is -0.0190. The Hall–Kier alpha value is -2.69. The van der Waals surface area contributed by atoms with Crippen molar-refractivity contribution in [2.24, 2.45) is 5.10 Å². The van der Waals surface area contributed by atoms with Crippen molar-refractivity contribution in [3.63, 3.8) is 0 Å². The molecule has 2 aliphatic rings. The molecule has 29 heavy (non-hydrogen) atoms. The first-order valence-electron chi connectivity index (χ1n) is 9.35. The fourth-order valence-corrected chi connectivity index (χ4v) is 4.41. The molecule has 2 atom stereocenters. The molecule has 4 nitrogen and oxygen atoms in total. The maximum Gasteiger partial charge on any atom is 0.215 e. The molecule has 146 valence electrons. The molecule has 0 aliphatic carbocycles. The smallest absolute Gasteiger partial charge is 0.215 e. The number of hydrogen-bond acceptors (Lipinski definition) is 4. The van der Waals surface area contributed by atoms with Gasteiger partial charge in [0.2, 0.25) is 6.23 Å². The monoisotopic (exact) mass is 424 g/mol. The molecule has 0 bridgehead atoms. The van der Waals surface area contributed by atoms with Crippen molar-refractivity contribution in [1.82, 2.24) is 5.01 Å². The highest BCUT2D eigenvalue weighted by Gasteiger charge is 2.41. The van der Waals surface area contributed by atoms with Crippen molar-refractivity contribution in [2.75, 3.05) is 7.11 Å². The number of methoxy groups -OCH3 is 1. The first-order valence-corrected chi connectivity index (χ1v) is 10.1. The molecular weight excluding hydrogens is 407 g/mol. The molecule has 2 aliphatic heterocycles. The van der Waals surface area contributed by atoms with Crippen molar-refractivity contribution in [2.45, 2.75) is 18.7 Å². The van der Waals surface area contributed by atoms with Gasteiger partial charge in [0.15, 0.2) is 0 Å². The summed E-state index contributed by atoms with van der Waals surface area (Å²) in [6.45, 7) is 0. The minimum Gasteiger partial charge on any atom is -0.497 e. The molecule has 0 unspecified atom stereocenters. The summed E-state index contributed by atoms with van der Waals surface area (Å²) in [6, 6.07) is 21.6. The lowest BCUT2D eigenvalue weighted by Crippen LogP contribution is -2.33. The first kappa shape index (κ1) is 18.3. The second-order valence-electron chi connectivity index (χ2n) is 7.05. The number of hydrogen-bond donors (Lipinski definition) is 0. The average Bonchev–Trinajstić information content (AvgIpc) is 3.20. The minimum absolute atomic E-state index is 0.0285. The molecular formula is C23H18Cl2N2O2. The summed E-state index contributed by atoms with van der Waals surface area (Å²) in [7, 11) is 1.67. The van der Waals surface area contributed by atoms with E-state index >= 15 is 0 Å². The normalized spacial score (nSPS) is 19.8. The van der Waals surface area contributed by atoms with E-state index in [0.29, 0.717) is 10.0 Å². The number of benzene rings is 3. The maximum absolute atomic E-state index is 6.52. The highest BCUT2D eigenvalue weighted by molar-refractivity contribution is 6.35. The largest absolute Gasteiger partial charge is 0.497 e. The number of hydrazone groups is 1. The van der Waals surface area contributed by atoms with Crippen molar-refractivity contribution in [3.05, 3.63) is 93.5 Å². The van der Waals surface area contributed by atoms with Crippen LogP contribution in [0.15, 0.2) is 71.8 Å². The van der Waals surface area contributed by atoms with E-state index in [9.17, 15) is 0 Å². The quantitative estimate of drug-likeness (QED) is 0.498. The molecule has 0 radical (unpaired) electrons. The molecule has 0 saturated carbocycles. The Morgan fingerprint density at radius 3 is 2.59 bits per heavy atom. The highest BCUT2D eigenvalue weighted by Crippen LogP contribution is 2.49. The van der Waals surface area contributed by atoms with Gasteiger partial charge in [0.05, 0.1) is 23.9 Å².